The Hall–Kier alpha value is -2.52. The zero-order valence-electron chi connectivity index (χ0n) is 14.3. The smallest absolute Gasteiger partial charge is 0.263 e. The summed E-state index contributed by atoms with van der Waals surface area (Å²) >= 11 is 0. The van der Waals surface area contributed by atoms with E-state index in [9.17, 15) is 5.11 Å². The van der Waals surface area contributed by atoms with Gasteiger partial charge in [0.25, 0.3) is 5.71 Å². The molecule has 0 bridgehead atoms. The lowest BCUT2D eigenvalue weighted by atomic mass is 10.2. The monoisotopic (exact) mass is 343 g/mol. The summed E-state index contributed by atoms with van der Waals surface area (Å²) in [6.45, 7) is 5.33. The molecule has 1 aliphatic heterocycles. The Bertz CT molecular complexity index is 874. The summed E-state index contributed by atoms with van der Waals surface area (Å²) in [5, 5.41) is 15.3. The number of anilines is 1. The third kappa shape index (κ3) is 3.08. The van der Waals surface area contributed by atoms with Crippen LogP contribution in [0.25, 0.3) is 11.1 Å². The van der Waals surface area contributed by atoms with Gasteiger partial charge in [0.1, 0.15) is 17.5 Å². The maximum atomic E-state index is 10.5. The molecule has 0 aromatic carbocycles. The summed E-state index contributed by atoms with van der Waals surface area (Å²) in [6.07, 6.45) is 4.67. The van der Waals surface area contributed by atoms with Crippen LogP contribution >= 0.6 is 0 Å². The molecule has 0 spiro atoms. The molecule has 1 fully saturated rings. The van der Waals surface area contributed by atoms with E-state index in [1.54, 1.807) is 6.33 Å². The van der Waals surface area contributed by atoms with E-state index in [-0.39, 0.29) is 0 Å². The van der Waals surface area contributed by atoms with Crippen LogP contribution in [0.4, 0.5) is 5.82 Å². The summed E-state index contributed by atoms with van der Waals surface area (Å²) in [7, 11) is 1.98. The van der Waals surface area contributed by atoms with Crippen molar-refractivity contribution in [2.24, 2.45) is 7.05 Å². The van der Waals surface area contributed by atoms with E-state index in [0.29, 0.717) is 18.8 Å². The van der Waals surface area contributed by atoms with Crippen molar-refractivity contribution in [1.29, 1.82) is 0 Å². The maximum Gasteiger partial charge on any atom is 0.263 e. The topological polar surface area (TPSA) is 96.3 Å². The second-order valence-electron chi connectivity index (χ2n) is 6.48. The number of β-amino-alcohol motifs (C(OH)–C–C–N with tert-alkyl or cyclic N) is 1. The summed E-state index contributed by atoms with van der Waals surface area (Å²) in [5.74, 6) is 0.769. The number of hydrogen-bond acceptors (Lipinski definition) is 8. The van der Waals surface area contributed by atoms with E-state index in [0.717, 1.165) is 42.2 Å². The average molecular weight is 343 g/mol. The number of hydrogen-bond donors (Lipinski definition) is 1. The molecule has 4 rings (SSSR count). The second-order valence-corrected chi connectivity index (χ2v) is 6.48. The van der Waals surface area contributed by atoms with E-state index < -0.39 is 6.10 Å². The predicted octanol–water partition coefficient (Wildman–Crippen LogP) is 0.343. The van der Waals surface area contributed by atoms with Crippen LogP contribution in [0.15, 0.2) is 23.4 Å². The van der Waals surface area contributed by atoms with Crippen molar-refractivity contribution in [2.45, 2.75) is 19.6 Å². The number of fused-ring (bicyclic) bond motifs is 1. The van der Waals surface area contributed by atoms with Gasteiger partial charge in [0.15, 0.2) is 0 Å². The third-order valence-electron chi connectivity index (χ3n) is 4.61. The molecule has 0 amide bonds. The molecule has 25 heavy (non-hydrogen) atoms. The quantitative estimate of drug-likeness (QED) is 0.727. The number of rotatable bonds is 3. The first-order valence-corrected chi connectivity index (χ1v) is 8.29. The standard InChI is InChI=1S/C16H21N7O2/c1-11-14-15(18-9-19-16(14)25-20-11)23-4-3-22(7-13(24)8-23)6-12-5-17-10-21(12)2/h5,9-10,13,24H,3-4,6-8H2,1-2H3/t13-/m0/s1. The Balaban J connectivity index is 1.56. The Morgan fingerprint density at radius 1 is 1.28 bits per heavy atom. The fraction of sp³-hybridized carbons (Fsp3) is 0.500. The number of aryl methyl sites for hydroxylation is 2. The fourth-order valence-electron chi connectivity index (χ4n) is 3.30. The second kappa shape index (κ2) is 6.41. The first-order valence-electron chi connectivity index (χ1n) is 8.29. The largest absolute Gasteiger partial charge is 0.390 e. The van der Waals surface area contributed by atoms with Crippen molar-refractivity contribution >= 4 is 16.9 Å². The van der Waals surface area contributed by atoms with Crippen molar-refractivity contribution in [2.75, 3.05) is 31.1 Å². The Kier molecular flexibility index (Phi) is 4.10. The van der Waals surface area contributed by atoms with Gasteiger partial charge in [0.2, 0.25) is 0 Å². The van der Waals surface area contributed by atoms with Gasteiger partial charge in [0, 0.05) is 46.0 Å². The molecule has 3 aromatic rings. The lowest BCUT2D eigenvalue weighted by Gasteiger charge is -2.23. The fourth-order valence-corrected chi connectivity index (χ4v) is 3.30. The molecule has 3 aromatic heterocycles. The van der Waals surface area contributed by atoms with E-state index in [1.165, 1.54) is 6.33 Å². The van der Waals surface area contributed by atoms with Gasteiger partial charge >= 0.3 is 0 Å². The summed E-state index contributed by atoms with van der Waals surface area (Å²) in [6, 6.07) is 0. The molecule has 1 atom stereocenters. The highest BCUT2D eigenvalue weighted by Gasteiger charge is 2.25. The number of nitrogens with zero attached hydrogens (tertiary/aromatic N) is 7. The van der Waals surface area contributed by atoms with Crippen molar-refractivity contribution in [3.8, 4) is 0 Å². The summed E-state index contributed by atoms with van der Waals surface area (Å²) in [4.78, 5) is 17.0. The molecule has 0 radical (unpaired) electrons. The molecule has 132 valence electrons. The van der Waals surface area contributed by atoms with Gasteiger partial charge in [-0.05, 0) is 6.92 Å². The van der Waals surface area contributed by atoms with Crippen molar-refractivity contribution in [3.63, 3.8) is 0 Å². The molecular weight excluding hydrogens is 322 g/mol. The molecule has 1 saturated heterocycles. The van der Waals surface area contributed by atoms with Gasteiger partial charge in [0.05, 0.1) is 23.8 Å². The summed E-state index contributed by atoms with van der Waals surface area (Å²) in [5.41, 5.74) is 2.36. The molecular formula is C16H21N7O2. The number of aromatic nitrogens is 5. The number of aliphatic hydroxyl groups excluding tert-OH is 1. The van der Waals surface area contributed by atoms with E-state index in [1.807, 2.05) is 24.7 Å². The Morgan fingerprint density at radius 2 is 2.16 bits per heavy atom. The van der Waals surface area contributed by atoms with Gasteiger partial charge in [-0.2, -0.15) is 4.98 Å². The Labute approximate surface area is 144 Å². The van der Waals surface area contributed by atoms with Crippen LogP contribution in [0, 0.1) is 6.92 Å². The van der Waals surface area contributed by atoms with E-state index in [2.05, 4.69) is 29.9 Å². The van der Waals surface area contributed by atoms with E-state index in [4.69, 9.17) is 4.52 Å². The normalized spacial score (nSPS) is 19.5. The summed E-state index contributed by atoms with van der Waals surface area (Å²) < 4.78 is 7.24. The number of aliphatic hydroxyl groups is 1. The highest BCUT2D eigenvalue weighted by molar-refractivity contribution is 5.87. The van der Waals surface area contributed by atoms with Crippen LogP contribution < -0.4 is 4.90 Å². The first-order chi connectivity index (χ1) is 12.1. The van der Waals surface area contributed by atoms with Crippen LogP contribution in [-0.4, -0.2) is 67.0 Å². The maximum absolute atomic E-state index is 10.5. The minimum Gasteiger partial charge on any atom is -0.390 e. The van der Waals surface area contributed by atoms with Gasteiger partial charge in [-0.15, -0.1) is 0 Å². The SMILES string of the molecule is Cc1noc2ncnc(N3CCN(Cc4cncn4C)C[C@H](O)C3)c12. The van der Waals surface area contributed by atoms with Crippen molar-refractivity contribution in [3.05, 3.63) is 30.2 Å². The Morgan fingerprint density at radius 3 is 2.96 bits per heavy atom. The van der Waals surface area contributed by atoms with Crippen LogP contribution in [0.2, 0.25) is 0 Å². The lowest BCUT2D eigenvalue weighted by molar-refractivity contribution is 0.128. The van der Waals surface area contributed by atoms with Gasteiger partial charge in [-0.25, -0.2) is 9.97 Å². The molecule has 0 saturated carbocycles. The van der Waals surface area contributed by atoms with Crippen molar-refractivity contribution in [1.82, 2.24) is 29.6 Å². The zero-order valence-corrected chi connectivity index (χ0v) is 14.3. The molecule has 4 heterocycles. The van der Waals surface area contributed by atoms with Gasteiger partial charge in [-0.3, -0.25) is 4.90 Å². The van der Waals surface area contributed by atoms with Gasteiger partial charge < -0.3 is 19.1 Å². The van der Waals surface area contributed by atoms with Crippen LogP contribution in [0.1, 0.15) is 11.4 Å². The molecule has 0 aliphatic carbocycles. The minimum absolute atomic E-state index is 0.471. The first kappa shape index (κ1) is 16.0. The molecule has 0 unspecified atom stereocenters. The van der Waals surface area contributed by atoms with Gasteiger partial charge in [-0.1, -0.05) is 5.16 Å². The van der Waals surface area contributed by atoms with Crippen LogP contribution in [-0.2, 0) is 13.6 Å². The molecule has 9 heteroatoms. The van der Waals surface area contributed by atoms with Crippen LogP contribution in [0.5, 0.6) is 0 Å². The third-order valence-corrected chi connectivity index (χ3v) is 4.61. The number of imidazole rings is 1. The van der Waals surface area contributed by atoms with Crippen LogP contribution in [0.3, 0.4) is 0 Å². The molecule has 9 nitrogen and oxygen atoms in total. The molecule has 1 aliphatic rings. The highest BCUT2D eigenvalue weighted by atomic mass is 16.5. The molecule has 1 N–H and O–H groups in total. The van der Waals surface area contributed by atoms with Crippen molar-refractivity contribution < 1.29 is 9.63 Å². The zero-order chi connectivity index (χ0) is 17.4. The lowest BCUT2D eigenvalue weighted by Crippen LogP contribution is -2.34. The minimum atomic E-state index is -0.471. The van der Waals surface area contributed by atoms with E-state index >= 15 is 0 Å². The predicted molar refractivity (Wildman–Crippen MR) is 91.0 cm³/mol. The average Bonchev–Trinajstić information content (AvgIpc) is 3.11. The highest BCUT2D eigenvalue weighted by Crippen LogP contribution is 2.26.